The summed E-state index contributed by atoms with van der Waals surface area (Å²) in [5.74, 6) is -0.00669. The van der Waals surface area contributed by atoms with Crippen LogP contribution in [-0.2, 0) is 4.79 Å². The molecule has 0 saturated heterocycles. The first-order valence-corrected chi connectivity index (χ1v) is 13.0. The molecule has 0 spiro atoms. The number of pyridine rings is 1. The van der Waals surface area contributed by atoms with Gasteiger partial charge in [-0.2, -0.15) is 5.26 Å². The molecule has 0 aliphatic heterocycles. The van der Waals surface area contributed by atoms with Gasteiger partial charge >= 0.3 is 0 Å². The number of carbonyl (C=O) groups excluding carboxylic acids is 1. The Labute approximate surface area is 221 Å². The maximum Gasteiger partial charge on any atom is 0.234 e. The van der Waals surface area contributed by atoms with E-state index in [1.165, 1.54) is 11.8 Å². The summed E-state index contributed by atoms with van der Waals surface area (Å²) in [5.41, 5.74) is 6.93. The van der Waals surface area contributed by atoms with E-state index in [4.69, 9.17) is 4.98 Å². The van der Waals surface area contributed by atoms with Crippen molar-refractivity contribution < 1.29 is 4.79 Å². The Morgan fingerprint density at radius 1 is 0.892 bits per heavy atom. The summed E-state index contributed by atoms with van der Waals surface area (Å²) in [6, 6.07) is 34.4. The Morgan fingerprint density at radius 2 is 1.62 bits per heavy atom. The molecule has 37 heavy (non-hydrogen) atoms. The van der Waals surface area contributed by atoms with E-state index in [-0.39, 0.29) is 11.7 Å². The SMILES string of the molecule is Cc1ccc(-c2cc(-c3ccccc3)c(C#N)c(SCC(=O)Nc3c(C)ccc4ccccc34)n2)cc1. The first-order valence-electron chi connectivity index (χ1n) is 12.0. The Hall–Kier alpha value is -4.40. The number of carbonyl (C=O) groups is 1. The van der Waals surface area contributed by atoms with E-state index in [2.05, 4.69) is 17.5 Å². The number of hydrogen-bond donors (Lipinski definition) is 1. The van der Waals surface area contributed by atoms with E-state index in [1.807, 2.05) is 105 Å². The van der Waals surface area contributed by atoms with Gasteiger partial charge in [-0.15, -0.1) is 0 Å². The average molecular weight is 500 g/mol. The van der Waals surface area contributed by atoms with Gasteiger partial charge in [-0.05, 0) is 36.4 Å². The number of rotatable bonds is 6. The van der Waals surface area contributed by atoms with Crippen LogP contribution in [-0.4, -0.2) is 16.6 Å². The molecule has 5 heteroatoms. The third kappa shape index (κ3) is 5.25. The van der Waals surface area contributed by atoms with Crippen LogP contribution in [0.5, 0.6) is 0 Å². The first kappa shape index (κ1) is 24.3. The summed E-state index contributed by atoms with van der Waals surface area (Å²) in [5, 5.41) is 15.8. The van der Waals surface area contributed by atoms with Crippen molar-refractivity contribution in [1.82, 2.24) is 4.98 Å². The summed E-state index contributed by atoms with van der Waals surface area (Å²) < 4.78 is 0. The van der Waals surface area contributed by atoms with Gasteiger partial charge in [-0.1, -0.05) is 108 Å². The van der Waals surface area contributed by atoms with Gasteiger partial charge in [-0.3, -0.25) is 4.79 Å². The van der Waals surface area contributed by atoms with E-state index in [0.717, 1.165) is 50.0 Å². The van der Waals surface area contributed by atoms with Crippen molar-refractivity contribution >= 4 is 34.1 Å². The van der Waals surface area contributed by atoms with Crippen LogP contribution in [0.15, 0.2) is 102 Å². The van der Waals surface area contributed by atoms with Crippen LogP contribution in [0, 0.1) is 25.2 Å². The normalized spacial score (nSPS) is 10.7. The maximum absolute atomic E-state index is 13.1. The quantitative estimate of drug-likeness (QED) is 0.242. The van der Waals surface area contributed by atoms with Crippen LogP contribution in [0.1, 0.15) is 16.7 Å². The molecule has 5 rings (SSSR count). The number of anilines is 1. The molecule has 180 valence electrons. The van der Waals surface area contributed by atoms with Crippen molar-refractivity contribution in [3.63, 3.8) is 0 Å². The lowest BCUT2D eigenvalue weighted by atomic mass is 9.99. The van der Waals surface area contributed by atoms with Crippen molar-refractivity contribution in [1.29, 1.82) is 5.26 Å². The minimum atomic E-state index is -0.142. The molecular formula is C32H25N3OS. The van der Waals surface area contributed by atoms with Gasteiger partial charge in [-0.25, -0.2) is 4.98 Å². The third-order valence-electron chi connectivity index (χ3n) is 6.27. The second-order valence-electron chi connectivity index (χ2n) is 8.89. The lowest BCUT2D eigenvalue weighted by molar-refractivity contribution is -0.113. The molecule has 0 fully saturated rings. The van der Waals surface area contributed by atoms with Crippen LogP contribution in [0.4, 0.5) is 5.69 Å². The molecule has 1 heterocycles. The number of thioether (sulfide) groups is 1. The second-order valence-corrected chi connectivity index (χ2v) is 9.86. The van der Waals surface area contributed by atoms with Gasteiger partial charge in [0.2, 0.25) is 5.91 Å². The fourth-order valence-electron chi connectivity index (χ4n) is 4.31. The largest absolute Gasteiger partial charge is 0.325 e. The number of aromatic nitrogens is 1. The Morgan fingerprint density at radius 3 is 2.38 bits per heavy atom. The molecule has 1 aromatic heterocycles. The second kappa shape index (κ2) is 10.7. The molecule has 0 aliphatic rings. The third-order valence-corrected chi connectivity index (χ3v) is 7.25. The van der Waals surface area contributed by atoms with Crippen molar-refractivity contribution in [2.24, 2.45) is 0 Å². The van der Waals surface area contributed by atoms with Crippen LogP contribution in [0.2, 0.25) is 0 Å². The molecule has 4 aromatic carbocycles. The maximum atomic E-state index is 13.1. The first-order chi connectivity index (χ1) is 18.0. The highest BCUT2D eigenvalue weighted by atomic mass is 32.2. The summed E-state index contributed by atoms with van der Waals surface area (Å²) in [7, 11) is 0. The number of benzene rings is 4. The smallest absolute Gasteiger partial charge is 0.234 e. The number of nitriles is 1. The number of amides is 1. The monoisotopic (exact) mass is 499 g/mol. The molecule has 0 saturated carbocycles. The average Bonchev–Trinajstić information content (AvgIpc) is 2.94. The fraction of sp³-hybridized carbons (Fsp3) is 0.0938. The highest BCUT2D eigenvalue weighted by molar-refractivity contribution is 8.00. The Balaban J connectivity index is 1.48. The van der Waals surface area contributed by atoms with Crippen molar-refractivity contribution in [2.75, 3.05) is 11.1 Å². The van der Waals surface area contributed by atoms with Gasteiger partial charge in [0.1, 0.15) is 11.1 Å². The zero-order chi connectivity index (χ0) is 25.8. The van der Waals surface area contributed by atoms with Crippen molar-refractivity contribution in [3.8, 4) is 28.5 Å². The van der Waals surface area contributed by atoms with Gasteiger partial charge in [0.25, 0.3) is 0 Å². The number of nitrogens with zero attached hydrogens (tertiary/aromatic N) is 2. The molecule has 1 amide bonds. The van der Waals surface area contributed by atoms with E-state index >= 15 is 0 Å². The van der Waals surface area contributed by atoms with Gasteiger partial charge < -0.3 is 5.32 Å². The minimum Gasteiger partial charge on any atom is -0.325 e. The topological polar surface area (TPSA) is 65.8 Å². The molecule has 0 radical (unpaired) electrons. The highest BCUT2D eigenvalue weighted by Crippen LogP contribution is 2.34. The lowest BCUT2D eigenvalue weighted by Crippen LogP contribution is -2.15. The molecule has 0 bridgehead atoms. The van der Waals surface area contributed by atoms with Crippen molar-refractivity contribution in [3.05, 3.63) is 114 Å². The fourth-order valence-corrected chi connectivity index (χ4v) is 5.11. The molecule has 0 aliphatic carbocycles. The van der Waals surface area contributed by atoms with Gasteiger partial charge in [0.15, 0.2) is 0 Å². The van der Waals surface area contributed by atoms with Crippen LogP contribution < -0.4 is 5.32 Å². The van der Waals surface area contributed by atoms with Crippen molar-refractivity contribution in [2.45, 2.75) is 18.9 Å². The number of fused-ring (bicyclic) bond motifs is 1. The summed E-state index contributed by atoms with van der Waals surface area (Å²) in [6.07, 6.45) is 0. The zero-order valence-corrected chi connectivity index (χ0v) is 21.5. The van der Waals surface area contributed by atoms with Crippen LogP contribution >= 0.6 is 11.8 Å². The molecule has 0 atom stereocenters. The number of nitrogens with one attached hydrogen (secondary N) is 1. The molecular weight excluding hydrogens is 474 g/mol. The predicted octanol–water partition coefficient (Wildman–Crippen LogP) is 7.79. The Kier molecular flexibility index (Phi) is 7.02. The lowest BCUT2D eigenvalue weighted by Gasteiger charge is -2.14. The Bertz CT molecular complexity index is 1640. The molecule has 4 nitrogen and oxygen atoms in total. The predicted molar refractivity (Wildman–Crippen MR) is 153 cm³/mol. The van der Waals surface area contributed by atoms with E-state index in [0.29, 0.717) is 10.6 Å². The van der Waals surface area contributed by atoms with E-state index < -0.39 is 0 Å². The molecule has 0 unspecified atom stereocenters. The minimum absolute atomic E-state index is 0.135. The highest BCUT2D eigenvalue weighted by Gasteiger charge is 2.17. The van der Waals surface area contributed by atoms with Crippen LogP contribution in [0.25, 0.3) is 33.2 Å². The van der Waals surface area contributed by atoms with Gasteiger partial charge in [0.05, 0.1) is 22.7 Å². The summed E-state index contributed by atoms with van der Waals surface area (Å²) in [4.78, 5) is 17.9. The standard InChI is InChI=1S/C32H25N3OS/c1-21-12-15-25(16-13-21)29-18-27(23-8-4-3-5-9-23)28(19-33)32(34-29)37-20-30(36)35-31-22(2)14-17-24-10-6-7-11-26(24)31/h3-18H,20H2,1-2H3,(H,35,36). The number of hydrogen-bond acceptors (Lipinski definition) is 4. The summed E-state index contributed by atoms with van der Waals surface area (Å²) >= 11 is 1.29. The molecule has 1 N–H and O–H groups in total. The number of aryl methyl sites for hydroxylation is 2. The van der Waals surface area contributed by atoms with Crippen LogP contribution in [0.3, 0.4) is 0 Å². The van der Waals surface area contributed by atoms with Gasteiger partial charge in [0, 0.05) is 16.5 Å². The van der Waals surface area contributed by atoms with E-state index in [1.54, 1.807) is 0 Å². The molecule has 5 aromatic rings. The zero-order valence-electron chi connectivity index (χ0n) is 20.7. The van der Waals surface area contributed by atoms with E-state index in [9.17, 15) is 10.1 Å². The summed E-state index contributed by atoms with van der Waals surface area (Å²) in [6.45, 7) is 4.03.